The van der Waals surface area contributed by atoms with Crippen LogP contribution in [0.25, 0.3) is 6.08 Å². The molecule has 0 N–H and O–H groups in total. The molecular formula is C17H14N2OS2. The summed E-state index contributed by atoms with van der Waals surface area (Å²) in [6.07, 6.45) is 5.21. The summed E-state index contributed by atoms with van der Waals surface area (Å²) in [5, 5.41) is 0. The van der Waals surface area contributed by atoms with E-state index >= 15 is 0 Å². The highest BCUT2D eigenvalue weighted by Gasteiger charge is 2.33. The Morgan fingerprint density at radius 3 is 2.73 bits per heavy atom. The monoisotopic (exact) mass is 326 g/mol. The predicted octanol–water partition coefficient (Wildman–Crippen LogP) is 4.10. The molecule has 1 aromatic carbocycles. The second-order valence-electron chi connectivity index (χ2n) is 5.07. The van der Waals surface area contributed by atoms with E-state index in [9.17, 15) is 4.79 Å². The van der Waals surface area contributed by atoms with Crippen LogP contribution >= 0.6 is 24.0 Å². The van der Waals surface area contributed by atoms with E-state index in [1.165, 1.54) is 27.8 Å². The minimum absolute atomic E-state index is 0.0961. The molecule has 2 aromatic rings. The third-order valence-electron chi connectivity index (χ3n) is 3.53. The number of aromatic nitrogens is 1. The lowest BCUT2D eigenvalue weighted by Gasteiger charge is -2.13. The first-order chi connectivity index (χ1) is 10.6. The summed E-state index contributed by atoms with van der Waals surface area (Å²) < 4.78 is 0.535. The van der Waals surface area contributed by atoms with Gasteiger partial charge in [0.05, 0.1) is 16.8 Å². The van der Waals surface area contributed by atoms with E-state index in [0.717, 1.165) is 5.56 Å². The maximum atomic E-state index is 12.6. The minimum Gasteiger partial charge on any atom is -0.268 e. The second-order valence-corrected chi connectivity index (χ2v) is 6.75. The van der Waals surface area contributed by atoms with Gasteiger partial charge in [0, 0.05) is 6.20 Å². The van der Waals surface area contributed by atoms with Gasteiger partial charge in [-0.25, -0.2) is 0 Å². The summed E-state index contributed by atoms with van der Waals surface area (Å²) in [4.78, 5) is 18.8. The first kappa shape index (κ1) is 14.9. The molecule has 0 bridgehead atoms. The van der Waals surface area contributed by atoms with Crippen LogP contribution in [-0.2, 0) is 4.79 Å². The van der Waals surface area contributed by atoms with Gasteiger partial charge in [0.15, 0.2) is 4.32 Å². The maximum Gasteiger partial charge on any atom is 0.270 e. The number of carbonyl (C=O) groups excluding carboxylic acids is 1. The number of thioether (sulfide) groups is 1. The normalized spacial score (nSPS) is 16.6. The van der Waals surface area contributed by atoms with Crippen LogP contribution in [0, 0.1) is 13.8 Å². The van der Waals surface area contributed by atoms with Gasteiger partial charge in [-0.1, -0.05) is 42.2 Å². The maximum absolute atomic E-state index is 12.6. The third kappa shape index (κ3) is 2.82. The van der Waals surface area contributed by atoms with Crippen molar-refractivity contribution in [3.8, 4) is 0 Å². The van der Waals surface area contributed by atoms with Gasteiger partial charge in [-0.2, -0.15) is 0 Å². The largest absolute Gasteiger partial charge is 0.270 e. The molecule has 3 nitrogen and oxygen atoms in total. The Hall–Kier alpha value is -1.98. The van der Waals surface area contributed by atoms with Crippen LogP contribution in [-0.4, -0.2) is 15.2 Å². The zero-order valence-corrected chi connectivity index (χ0v) is 13.9. The van der Waals surface area contributed by atoms with Gasteiger partial charge in [0.1, 0.15) is 0 Å². The molecule has 0 spiro atoms. The number of thiocarbonyl (C=S) groups is 1. The molecule has 110 valence electrons. The minimum atomic E-state index is -0.0961. The Labute approximate surface area is 139 Å². The van der Waals surface area contributed by atoms with Gasteiger partial charge >= 0.3 is 0 Å². The average molecular weight is 326 g/mol. The highest BCUT2D eigenvalue weighted by molar-refractivity contribution is 8.27. The lowest BCUT2D eigenvalue weighted by molar-refractivity contribution is -0.113. The van der Waals surface area contributed by atoms with Gasteiger partial charge < -0.3 is 0 Å². The molecule has 5 heteroatoms. The lowest BCUT2D eigenvalue weighted by atomic mass is 10.1. The molecule has 1 amide bonds. The van der Waals surface area contributed by atoms with Crippen LogP contribution in [0.4, 0.5) is 5.69 Å². The van der Waals surface area contributed by atoms with Crippen molar-refractivity contribution < 1.29 is 4.79 Å². The fourth-order valence-electron chi connectivity index (χ4n) is 2.18. The molecule has 3 rings (SSSR count). The van der Waals surface area contributed by atoms with Crippen molar-refractivity contribution in [3.05, 3.63) is 64.3 Å². The molecule has 1 aromatic heterocycles. The first-order valence-corrected chi connectivity index (χ1v) is 8.04. The van der Waals surface area contributed by atoms with Gasteiger partial charge in [-0.15, -0.1) is 0 Å². The topological polar surface area (TPSA) is 33.2 Å². The lowest BCUT2D eigenvalue weighted by Crippen LogP contribution is -2.27. The van der Waals surface area contributed by atoms with Crippen molar-refractivity contribution in [2.24, 2.45) is 0 Å². The first-order valence-electron chi connectivity index (χ1n) is 6.81. The van der Waals surface area contributed by atoms with E-state index in [4.69, 9.17) is 12.2 Å². The fraction of sp³-hybridized carbons (Fsp3) is 0.118. The van der Waals surface area contributed by atoms with E-state index in [-0.39, 0.29) is 5.91 Å². The highest BCUT2D eigenvalue weighted by Crippen LogP contribution is 2.35. The molecule has 22 heavy (non-hydrogen) atoms. The summed E-state index contributed by atoms with van der Waals surface area (Å²) in [5.41, 5.74) is 4.15. The number of nitrogens with zero attached hydrogens (tertiary/aromatic N) is 2. The predicted molar refractivity (Wildman–Crippen MR) is 95.8 cm³/mol. The van der Waals surface area contributed by atoms with Crippen molar-refractivity contribution in [3.63, 3.8) is 0 Å². The summed E-state index contributed by atoms with van der Waals surface area (Å²) in [5.74, 6) is -0.0961. The molecule has 0 unspecified atom stereocenters. The number of benzene rings is 1. The van der Waals surface area contributed by atoms with Gasteiger partial charge in [0.25, 0.3) is 5.91 Å². The van der Waals surface area contributed by atoms with Gasteiger partial charge in [-0.3, -0.25) is 14.7 Å². The molecule has 1 saturated heterocycles. The molecule has 2 heterocycles. The van der Waals surface area contributed by atoms with Crippen molar-refractivity contribution >= 4 is 46.0 Å². The number of aryl methyl sites for hydroxylation is 2. The number of anilines is 1. The molecule has 0 aliphatic carbocycles. The molecule has 0 saturated carbocycles. The molecule has 0 atom stereocenters. The van der Waals surface area contributed by atoms with E-state index in [2.05, 4.69) is 31.0 Å². The van der Waals surface area contributed by atoms with Crippen molar-refractivity contribution in [2.45, 2.75) is 13.8 Å². The molecule has 1 fully saturated rings. The van der Waals surface area contributed by atoms with Crippen LogP contribution in [0.1, 0.15) is 16.7 Å². The Morgan fingerprint density at radius 1 is 1.23 bits per heavy atom. The van der Waals surface area contributed by atoms with Crippen molar-refractivity contribution in [2.75, 3.05) is 4.90 Å². The average Bonchev–Trinajstić information content (AvgIpc) is 2.78. The Morgan fingerprint density at radius 2 is 2.05 bits per heavy atom. The smallest absolute Gasteiger partial charge is 0.268 e. The van der Waals surface area contributed by atoms with Crippen LogP contribution in [0.5, 0.6) is 0 Å². The zero-order valence-electron chi connectivity index (χ0n) is 12.2. The number of hydrogen-bond acceptors (Lipinski definition) is 4. The van der Waals surface area contributed by atoms with Gasteiger partial charge in [0.2, 0.25) is 0 Å². The summed E-state index contributed by atoms with van der Waals surface area (Å²) in [7, 11) is 0. The zero-order chi connectivity index (χ0) is 15.7. The van der Waals surface area contributed by atoms with Crippen LogP contribution in [0.3, 0.4) is 0 Å². The molecular weight excluding hydrogens is 312 g/mol. The number of pyridine rings is 1. The van der Waals surface area contributed by atoms with E-state index < -0.39 is 0 Å². The molecule has 1 aliphatic rings. The highest BCUT2D eigenvalue weighted by atomic mass is 32.2. The fourth-order valence-corrected chi connectivity index (χ4v) is 3.48. The third-order valence-corrected chi connectivity index (χ3v) is 4.83. The standard InChI is InChI=1S/C17H14N2OS2/c1-11-5-6-13(8-12(11)2)9-15-16(20)19(17(21)22-15)14-4-3-7-18-10-14/h3-10H,1-2H3/b15-9+. The van der Waals surface area contributed by atoms with E-state index in [0.29, 0.717) is 14.9 Å². The van der Waals surface area contributed by atoms with E-state index in [1.807, 2.05) is 18.2 Å². The quantitative estimate of drug-likeness (QED) is 0.614. The summed E-state index contributed by atoms with van der Waals surface area (Å²) in [6.45, 7) is 4.13. The Balaban J connectivity index is 1.93. The molecule has 1 aliphatic heterocycles. The Kier molecular flexibility index (Phi) is 4.09. The number of amides is 1. The summed E-state index contributed by atoms with van der Waals surface area (Å²) in [6, 6.07) is 9.77. The van der Waals surface area contributed by atoms with Crippen molar-refractivity contribution in [1.82, 2.24) is 4.98 Å². The number of carbonyl (C=O) groups is 1. The Bertz CT molecular complexity index is 785. The van der Waals surface area contributed by atoms with E-state index in [1.54, 1.807) is 18.5 Å². The number of hydrogen-bond donors (Lipinski definition) is 0. The second kappa shape index (κ2) is 6.02. The van der Waals surface area contributed by atoms with Crippen LogP contribution in [0.15, 0.2) is 47.6 Å². The SMILES string of the molecule is Cc1ccc(/C=C2/SC(=S)N(c3cccnc3)C2=O)cc1C. The van der Waals surface area contributed by atoms with Crippen molar-refractivity contribution in [1.29, 1.82) is 0 Å². The molecule has 0 radical (unpaired) electrons. The van der Waals surface area contributed by atoms with Gasteiger partial charge in [-0.05, 0) is 48.7 Å². The van der Waals surface area contributed by atoms with Crippen LogP contribution < -0.4 is 4.90 Å². The number of rotatable bonds is 2. The summed E-state index contributed by atoms with van der Waals surface area (Å²) >= 11 is 6.66. The van der Waals surface area contributed by atoms with Crippen LogP contribution in [0.2, 0.25) is 0 Å².